The third-order valence-corrected chi connectivity index (χ3v) is 4.02. The van der Waals surface area contributed by atoms with Crippen LogP contribution < -0.4 is 0 Å². The molecular formula is C11H19N3O. The predicted molar refractivity (Wildman–Crippen MR) is 58.5 cm³/mol. The summed E-state index contributed by atoms with van der Waals surface area (Å²) < 4.78 is 6.14. The van der Waals surface area contributed by atoms with Crippen LogP contribution in [0.5, 0.6) is 0 Å². The molecule has 2 aliphatic rings. The molecule has 0 unspecified atom stereocenters. The summed E-state index contributed by atoms with van der Waals surface area (Å²) in [6.45, 7) is 2.81. The molecule has 4 nitrogen and oxygen atoms in total. The molecule has 1 spiro atoms. The van der Waals surface area contributed by atoms with E-state index in [9.17, 15) is 0 Å². The summed E-state index contributed by atoms with van der Waals surface area (Å²) in [7, 11) is 0. The minimum Gasteiger partial charge on any atom is -0.371 e. The molecular weight excluding hydrogens is 190 g/mol. The summed E-state index contributed by atoms with van der Waals surface area (Å²) in [5.41, 5.74) is 8.40. The molecule has 0 aromatic heterocycles. The van der Waals surface area contributed by atoms with Gasteiger partial charge in [0.2, 0.25) is 0 Å². The maximum atomic E-state index is 8.28. The summed E-state index contributed by atoms with van der Waals surface area (Å²) >= 11 is 0. The van der Waals surface area contributed by atoms with Crippen LogP contribution in [0.15, 0.2) is 5.11 Å². The maximum absolute atomic E-state index is 8.28. The number of nitrogens with zero attached hydrogens (tertiary/aromatic N) is 3. The Labute approximate surface area is 90.6 Å². The van der Waals surface area contributed by atoms with Crippen LogP contribution in [0, 0.1) is 5.92 Å². The minimum absolute atomic E-state index is 0.119. The standard InChI is InChI=1S/C11H19N3O/c1-9-4-2-3-6-11(9)7-5-10(15-11)8-13-14-12/h9-10H,2-8H2,1H3/t9-,10-,11+/m1/s1. The molecule has 0 N–H and O–H groups in total. The molecule has 2 rings (SSSR count). The number of ether oxygens (including phenoxy) is 1. The fourth-order valence-corrected chi connectivity index (χ4v) is 3.04. The summed E-state index contributed by atoms with van der Waals surface area (Å²) in [5.74, 6) is 0.669. The highest BCUT2D eigenvalue weighted by atomic mass is 16.5. The lowest BCUT2D eigenvalue weighted by Crippen LogP contribution is -2.39. The van der Waals surface area contributed by atoms with Gasteiger partial charge in [0.05, 0.1) is 18.2 Å². The van der Waals surface area contributed by atoms with Crippen molar-refractivity contribution in [2.24, 2.45) is 11.0 Å². The molecule has 4 heteroatoms. The summed E-state index contributed by atoms with van der Waals surface area (Å²) in [4.78, 5) is 2.80. The van der Waals surface area contributed by atoms with Crippen molar-refractivity contribution in [2.75, 3.05) is 6.54 Å². The van der Waals surface area contributed by atoms with Crippen molar-refractivity contribution in [3.8, 4) is 0 Å². The van der Waals surface area contributed by atoms with Crippen molar-refractivity contribution in [3.05, 3.63) is 10.4 Å². The quantitative estimate of drug-likeness (QED) is 0.390. The number of azide groups is 1. The SMILES string of the molecule is C[C@@H]1CCCC[C@]12CC[C@H](CN=[N+]=[N-])O2. The van der Waals surface area contributed by atoms with E-state index >= 15 is 0 Å². The highest BCUT2D eigenvalue weighted by Gasteiger charge is 2.44. The van der Waals surface area contributed by atoms with Gasteiger partial charge in [-0.25, -0.2) is 0 Å². The van der Waals surface area contributed by atoms with Crippen molar-refractivity contribution in [3.63, 3.8) is 0 Å². The van der Waals surface area contributed by atoms with Crippen molar-refractivity contribution >= 4 is 0 Å². The van der Waals surface area contributed by atoms with E-state index in [0.717, 1.165) is 12.8 Å². The second kappa shape index (κ2) is 4.42. The smallest absolute Gasteiger partial charge is 0.0712 e. The van der Waals surface area contributed by atoms with Crippen molar-refractivity contribution in [2.45, 2.75) is 57.2 Å². The van der Waals surface area contributed by atoms with Gasteiger partial charge in [-0.1, -0.05) is 24.9 Å². The van der Waals surface area contributed by atoms with Gasteiger partial charge < -0.3 is 4.74 Å². The molecule has 15 heavy (non-hydrogen) atoms. The van der Waals surface area contributed by atoms with Crippen molar-refractivity contribution in [1.29, 1.82) is 0 Å². The van der Waals surface area contributed by atoms with E-state index in [4.69, 9.17) is 10.3 Å². The molecule has 2 fully saturated rings. The second-order valence-corrected chi connectivity index (χ2v) is 4.90. The number of rotatable bonds is 2. The lowest BCUT2D eigenvalue weighted by Gasteiger charge is -2.39. The third kappa shape index (κ3) is 2.11. The Morgan fingerprint density at radius 2 is 2.27 bits per heavy atom. The van der Waals surface area contributed by atoms with Crippen LogP contribution in [0.25, 0.3) is 10.4 Å². The first-order valence-electron chi connectivity index (χ1n) is 5.95. The van der Waals surface area contributed by atoms with Crippen molar-refractivity contribution in [1.82, 2.24) is 0 Å². The Morgan fingerprint density at radius 3 is 3.00 bits per heavy atom. The van der Waals surface area contributed by atoms with E-state index in [1.807, 2.05) is 0 Å². The lowest BCUT2D eigenvalue weighted by molar-refractivity contribution is -0.0922. The highest BCUT2D eigenvalue weighted by molar-refractivity contribution is 4.95. The first kappa shape index (κ1) is 10.8. The van der Waals surface area contributed by atoms with Gasteiger partial charge in [0.25, 0.3) is 0 Å². The topological polar surface area (TPSA) is 58.0 Å². The van der Waals surface area contributed by atoms with E-state index in [-0.39, 0.29) is 11.7 Å². The van der Waals surface area contributed by atoms with E-state index in [1.54, 1.807) is 0 Å². The Kier molecular flexibility index (Phi) is 3.17. The van der Waals surface area contributed by atoms with Crippen LogP contribution in [0.2, 0.25) is 0 Å². The van der Waals surface area contributed by atoms with Gasteiger partial charge in [0.1, 0.15) is 0 Å². The molecule has 0 aromatic carbocycles. The Morgan fingerprint density at radius 1 is 1.40 bits per heavy atom. The average molecular weight is 209 g/mol. The largest absolute Gasteiger partial charge is 0.371 e. The molecule has 84 valence electrons. The summed E-state index contributed by atoms with van der Waals surface area (Å²) in [5, 5.41) is 3.61. The molecule has 0 amide bonds. The Bertz CT molecular complexity index is 275. The molecule has 1 saturated heterocycles. The molecule has 1 aliphatic heterocycles. The zero-order valence-electron chi connectivity index (χ0n) is 9.35. The fourth-order valence-electron chi connectivity index (χ4n) is 3.04. The lowest BCUT2D eigenvalue weighted by atomic mass is 9.75. The zero-order chi connectivity index (χ0) is 10.7. The average Bonchev–Trinajstić information content (AvgIpc) is 2.65. The molecule has 3 atom stereocenters. The fraction of sp³-hybridized carbons (Fsp3) is 1.00. The van der Waals surface area contributed by atoms with E-state index in [0.29, 0.717) is 12.5 Å². The number of hydrogen-bond acceptors (Lipinski definition) is 2. The first-order valence-corrected chi connectivity index (χ1v) is 5.95. The molecule has 1 aliphatic carbocycles. The maximum Gasteiger partial charge on any atom is 0.0712 e. The van der Waals surface area contributed by atoms with Crippen LogP contribution in [0.3, 0.4) is 0 Å². The highest BCUT2D eigenvalue weighted by Crippen LogP contribution is 2.45. The van der Waals surface area contributed by atoms with Crippen LogP contribution in [0.1, 0.15) is 45.4 Å². The van der Waals surface area contributed by atoms with Gasteiger partial charge in [0.15, 0.2) is 0 Å². The van der Waals surface area contributed by atoms with Crippen LogP contribution >= 0.6 is 0 Å². The third-order valence-electron chi connectivity index (χ3n) is 4.02. The van der Waals surface area contributed by atoms with Crippen molar-refractivity contribution < 1.29 is 4.74 Å². The van der Waals surface area contributed by atoms with Crippen LogP contribution in [-0.4, -0.2) is 18.2 Å². The molecule has 0 radical (unpaired) electrons. The molecule has 1 saturated carbocycles. The Balaban J connectivity index is 1.97. The summed E-state index contributed by atoms with van der Waals surface area (Å²) in [6, 6.07) is 0. The van der Waals surface area contributed by atoms with Gasteiger partial charge in [-0.2, -0.15) is 0 Å². The first-order chi connectivity index (χ1) is 7.27. The predicted octanol–water partition coefficient (Wildman–Crippen LogP) is 3.42. The number of hydrogen-bond donors (Lipinski definition) is 0. The molecule has 0 aromatic rings. The van der Waals surface area contributed by atoms with Gasteiger partial charge in [-0.05, 0) is 37.1 Å². The van der Waals surface area contributed by atoms with Gasteiger partial charge in [-0.3, -0.25) is 0 Å². The van der Waals surface area contributed by atoms with E-state index in [2.05, 4.69) is 16.9 Å². The Hall–Kier alpha value is -0.730. The van der Waals surface area contributed by atoms with E-state index in [1.165, 1.54) is 25.7 Å². The van der Waals surface area contributed by atoms with Crippen LogP contribution in [-0.2, 0) is 4.74 Å². The zero-order valence-corrected chi connectivity index (χ0v) is 9.35. The molecule has 0 bridgehead atoms. The van der Waals surface area contributed by atoms with Crippen LogP contribution in [0.4, 0.5) is 0 Å². The summed E-state index contributed by atoms with van der Waals surface area (Å²) in [6.07, 6.45) is 7.49. The van der Waals surface area contributed by atoms with Gasteiger partial charge in [-0.15, -0.1) is 0 Å². The second-order valence-electron chi connectivity index (χ2n) is 4.90. The van der Waals surface area contributed by atoms with Gasteiger partial charge in [0, 0.05) is 4.91 Å². The monoisotopic (exact) mass is 209 g/mol. The minimum atomic E-state index is 0.119. The molecule has 1 heterocycles. The normalized spacial score (nSPS) is 40.3. The van der Waals surface area contributed by atoms with E-state index < -0.39 is 0 Å². The van der Waals surface area contributed by atoms with Gasteiger partial charge >= 0.3 is 0 Å².